The number of benzene rings is 2. The van der Waals surface area contributed by atoms with E-state index < -0.39 is 31.8 Å². The molecule has 152 valence electrons. The first-order valence-corrected chi connectivity index (χ1v) is 12.3. The zero-order chi connectivity index (χ0) is 21.3. The fourth-order valence-electron chi connectivity index (χ4n) is 2.44. The summed E-state index contributed by atoms with van der Waals surface area (Å²) in [5, 5.41) is 2.96. The minimum Gasteiger partial charge on any atom is -0.345 e. The van der Waals surface area contributed by atoms with Crippen molar-refractivity contribution in [1.82, 2.24) is 5.32 Å². The van der Waals surface area contributed by atoms with Crippen LogP contribution in [-0.2, 0) is 19.9 Å². The Hall–Kier alpha value is -2.10. The molecule has 0 bridgehead atoms. The second-order valence-corrected chi connectivity index (χ2v) is 10.9. The van der Waals surface area contributed by atoms with Crippen LogP contribution in [0.15, 0.2) is 47.4 Å². The van der Waals surface area contributed by atoms with Crippen LogP contribution in [0.25, 0.3) is 0 Å². The van der Waals surface area contributed by atoms with Gasteiger partial charge in [0.25, 0.3) is 5.91 Å². The van der Waals surface area contributed by atoms with Crippen LogP contribution in [-0.4, -0.2) is 42.3 Å². The molecule has 28 heavy (non-hydrogen) atoms. The van der Waals surface area contributed by atoms with Gasteiger partial charge < -0.3 is 5.32 Å². The van der Waals surface area contributed by atoms with E-state index in [1.807, 2.05) is 0 Å². The second kappa shape index (κ2) is 8.10. The summed E-state index contributed by atoms with van der Waals surface area (Å²) in [6.45, 7) is 1.74. The summed E-state index contributed by atoms with van der Waals surface area (Å²) in [5.41, 5.74) is 1.15. The summed E-state index contributed by atoms with van der Waals surface area (Å²) in [5.74, 6) is -0.478. The van der Waals surface area contributed by atoms with Crippen LogP contribution in [0.5, 0.6) is 0 Å². The Bertz CT molecular complexity index is 1100. The largest absolute Gasteiger partial charge is 0.345 e. The molecule has 1 amide bonds. The molecule has 0 radical (unpaired) electrons. The number of rotatable bonds is 6. The van der Waals surface area contributed by atoms with Crippen LogP contribution in [0.1, 0.15) is 28.9 Å². The van der Waals surface area contributed by atoms with Crippen molar-refractivity contribution in [3.05, 3.63) is 58.6 Å². The summed E-state index contributed by atoms with van der Waals surface area (Å²) in [4.78, 5) is 12.8. The number of amides is 1. The van der Waals surface area contributed by atoms with Crippen molar-refractivity contribution in [2.45, 2.75) is 17.9 Å². The molecule has 0 heterocycles. The second-order valence-electron chi connectivity index (χ2n) is 6.43. The molecule has 7 nitrogen and oxygen atoms in total. The van der Waals surface area contributed by atoms with Gasteiger partial charge in [-0.1, -0.05) is 23.7 Å². The van der Waals surface area contributed by atoms with E-state index in [-0.39, 0.29) is 15.5 Å². The van der Waals surface area contributed by atoms with Gasteiger partial charge in [-0.3, -0.25) is 9.10 Å². The number of sulfonamides is 1. The highest BCUT2D eigenvalue weighted by molar-refractivity contribution is 7.92. The average molecular weight is 445 g/mol. The van der Waals surface area contributed by atoms with E-state index in [0.29, 0.717) is 11.3 Å². The van der Waals surface area contributed by atoms with Gasteiger partial charge >= 0.3 is 0 Å². The zero-order valence-electron chi connectivity index (χ0n) is 15.8. The van der Waals surface area contributed by atoms with E-state index in [2.05, 4.69) is 5.32 Å². The van der Waals surface area contributed by atoms with Crippen LogP contribution in [0.3, 0.4) is 0 Å². The van der Waals surface area contributed by atoms with Crippen LogP contribution >= 0.6 is 11.6 Å². The van der Waals surface area contributed by atoms with Crippen LogP contribution < -0.4 is 9.62 Å². The first kappa shape index (κ1) is 22.2. The molecule has 2 aromatic carbocycles. The molecule has 0 aromatic heterocycles. The Kier molecular flexibility index (Phi) is 6.42. The van der Waals surface area contributed by atoms with Gasteiger partial charge in [0.1, 0.15) is 0 Å². The predicted molar refractivity (Wildman–Crippen MR) is 110 cm³/mol. The Labute approximate surface area is 170 Å². The van der Waals surface area contributed by atoms with Crippen LogP contribution in [0, 0.1) is 0 Å². The van der Waals surface area contributed by atoms with Crippen molar-refractivity contribution in [2.24, 2.45) is 0 Å². The lowest BCUT2D eigenvalue weighted by atomic mass is 10.1. The smallest absolute Gasteiger partial charge is 0.253 e. The van der Waals surface area contributed by atoms with E-state index >= 15 is 0 Å². The molecule has 10 heteroatoms. The molecule has 0 fully saturated rings. The highest BCUT2D eigenvalue weighted by Crippen LogP contribution is 2.25. The normalized spacial score (nSPS) is 13.0. The third kappa shape index (κ3) is 5.24. The van der Waals surface area contributed by atoms with E-state index in [1.54, 1.807) is 19.1 Å². The van der Waals surface area contributed by atoms with Gasteiger partial charge in [0.15, 0.2) is 9.84 Å². The highest BCUT2D eigenvalue weighted by atomic mass is 35.5. The Morgan fingerprint density at radius 2 is 1.61 bits per heavy atom. The maximum atomic E-state index is 12.6. The standard InChI is InChI=1S/C18H21ClN2O5S2/c1-12(13-5-8-15(9-6-13)27(3,23)24)20-18(22)16-11-14(7-10-17(16)19)21(2)28(4,25)26/h5-12H,1-4H3,(H,20,22). The van der Waals surface area contributed by atoms with Gasteiger partial charge in [0.05, 0.1) is 33.5 Å². The maximum Gasteiger partial charge on any atom is 0.253 e. The number of anilines is 1. The number of carbonyl (C=O) groups is 1. The maximum absolute atomic E-state index is 12.6. The lowest BCUT2D eigenvalue weighted by molar-refractivity contribution is 0.0940. The van der Waals surface area contributed by atoms with Crippen LogP contribution in [0.4, 0.5) is 5.69 Å². The van der Waals surface area contributed by atoms with Crippen LogP contribution in [0.2, 0.25) is 5.02 Å². The Morgan fingerprint density at radius 3 is 2.11 bits per heavy atom. The van der Waals surface area contributed by atoms with E-state index in [4.69, 9.17) is 11.6 Å². The third-order valence-electron chi connectivity index (χ3n) is 4.21. The highest BCUT2D eigenvalue weighted by Gasteiger charge is 2.19. The molecular formula is C18H21ClN2O5S2. The van der Waals surface area contributed by atoms with Crippen molar-refractivity contribution >= 4 is 43.1 Å². The minimum atomic E-state index is -3.48. The average Bonchev–Trinajstić information content (AvgIpc) is 2.60. The number of nitrogens with one attached hydrogen (secondary N) is 1. The monoisotopic (exact) mass is 444 g/mol. The third-order valence-corrected chi connectivity index (χ3v) is 6.88. The number of halogens is 1. The SMILES string of the molecule is CC(NC(=O)c1cc(N(C)S(C)(=O)=O)ccc1Cl)c1ccc(S(C)(=O)=O)cc1. The number of sulfone groups is 1. The fourth-order valence-corrected chi connectivity index (χ4v) is 3.77. The lowest BCUT2D eigenvalue weighted by Gasteiger charge is -2.19. The summed E-state index contributed by atoms with van der Waals surface area (Å²) in [7, 11) is -5.40. The van der Waals surface area contributed by atoms with Gasteiger partial charge in [-0.15, -0.1) is 0 Å². The molecule has 2 rings (SSSR count). The molecule has 1 atom stereocenters. The summed E-state index contributed by atoms with van der Waals surface area (Å²) >= 11 is 6.11. The molecule has 0 aliphatic heterocycles. The molecule has 0 saturated heterocycles. The summed E-state index contributed by atoms with van der Waals surface area (Å²) in [6, 6.07) is 10.1. The van der Waals surface area contributed by atoms with Gasteiger partial charge in [-0.2, -0.15) is 0 Å². The topological polar surface area (TPSA) is 101 Å². The molecule has 1 unspecified atom stereocenters. The van der Waals surface area contributed by atoms with Crippen molar-refractivity contribution in [3.63, 3.8) is 0 Å². The number of hydrogen-bond acceptors (Lipinski definition) is 5. The molecule has 0 aliphatic carbocycles. The molecular weight excluding hydrogens is 424 g/mol. The molecule has 0 spiro atoms. The van der Waals surface area contributed by atoms with E-state index in [0.717, 1.165) is 16.8 Å². The van der Waals surface area contributed by atoms with Crippen molar-refractivity contribution in [1.29, 1.82) is 0 Å². The molecule has 0 aliphatic rings. The Morgan fingerprint density at radius 1 is 1.04 bits per heavy atom. The predicted octanol–water partition coefficient (Wildman–Crippen LogP) is 2.63. The van der Waals surface area contributed by atoms with E-state index in [9.17, 15) is 21.6 Å². The summed E-state index contributed by atoms with van der Waals surface area (Å²) in [6.07, 6.45) is 2.18. The quantitative estimate of drug-likeness (QED) is 0.738. The van der Waals surface area contributed by atoms with Gasteiger partial charge in [-0.05, 0) is 42.8 Å². The number of hydrogen-bond donors (Lipinski definition) is 1. The minimum absolute atomic E-state index is 0.134. The summed E-state index contributed by atoms with van der Waals surface area (Å²) < 4.78 is 47.5. The first-order valence-electron chi connectivity index (χ1n) is 8.15. The van der Waals surface area contributed by atoms with E-state index in [1.165, 1.54) is 37.4 Å². The van der Waals surface area contributed by atoms with Crippen molar-refractivity contribution in [3.8, 4) is 0 Å². The zero-order valence-corrected chi connectivity index (χ0v) is 18.2. The molecule has 2 aromatic rings. The lowest BCUT2D eigenvalue weighted by Crippen LogP contribution is -2.28. The van der Waals surface area contributed by atoms with Crippen molar-refractivity contribution < 1.29 is 21.6 Å². The van der Waals surface area contributed by atoms with Gasteiger partial charge in [0, 0.05) is 13.3 Å². The Balaban J connectivity index is 2.24. The van der Waals surface area contributed by atoms with Crippen molar-refractivity contribution in [2.75, 3.05) is 23.9 Å². The van der Waals surface area contributed by atoms with Gasteiger partial charge in [0.2, 0.25) is 10.0 Å². The molecule has 1 N–H and O–H groups in total. The molecule has 0 saturated carbocycles. The van der Waals surface area contributed by atoms with Gasteiger partial charge in [-0.25, -0.2) is 16.8 Å². The number of carbonyl (C=O) groups excluding carboxylic acids is 1. The fraction of sp³-hybridized carbons (Fsp3) is 0.278. The number of nitrogens with zero attached hydrogens (tertiary/aromatic N) is 1. The first-order chi connectivity index (χ1) is 12.8.